The largest absolute Gasteiger partial charge is 0.381 e. The number of aromatic amines is 1. The summed E-state index contributed by atoms with van der Waals surface area (Å²) in [5.41, 5.74) is 0.169. The van der Waals surface area contributed by atoms with Gasteiger partial charge in [-0.05, 0) is 18.8 Å². The monoisotopic (exact) mass is 316 g/mol. The Morgan fingerprint density at radius 2 is 2.05 bits per heavy atom. The van der Waals surface area contributed by atoms with Gasteiger partial charge in [-0.25, -0.2) is 13.6 Å². The molecule has 1 saturated heterocycles. The lowest BCUT2D eigenvalue weighted by Crippen LogP contribution is -2.39. The van der Waals surface area contributed by atoms with Crippen molar-refractivity contribution in [3.63, 3.8) is 0 Å². The minimum absolute atomic E-state index is 0.0428. The quantitative estimate of drug-likeness (QED) is 0.725. The van der Waals surface area contributed by atoms with Gasteiger partial charge in [0.05, 0.1) is 5.69 Å². The summed E-state index contributed by atoms with van der Waals surface area (Å²) in [6, 6.07) is -0.0428. The van der Waals surface area contributed by atoms with Crippen LogP contribution in [0.1, 0.15) is 48.8 Å². The van der Waals surface area contributed by atoms with Crippen LogP contribution in [0.5, 0.6) is 0 Å². The van der Waals surface area contributed by atoms with E-state index in [0.29, 0.717) is 31.7 Å². The van der Waals surface area contributed by atoms with Gasteiger partial charge in [0.15, 0.2) is 5.69 Å². The van der Waals surface area contributed by atoms with Crippen molar-refractivity contribution in [1.82, 2.24) is 15.5 Å². The van der Waals surface area contributed by atoms with Crippen LogP contribution in [0.4, 0.5) is 0 Å². The Morgan fingerprint density at radius 1 is 1.43 bits per heavy atom. The first-order valence-corrected chi connectivity index (χ1v) is 8.35. The van der Waals surface area contributed by atoms with E-state index < -0.39 is 15.9 Å². The molecule has 0 unspecified atom stereocenters. The minimum atomic E-state index is -4.03. The third kappa shape index (κ3) is 3.60. The van der Waals surface area contributed by atoms with E-state index in [9.17, 15) is 13.2 Å². The lowest BCUT2D eigenvalue weighted by molar-refractivity contribution is 0.0692. The third-order valence-corrected chi connectivity index (χ3v) is 4.36. The Balaban J connectivity index is 2.28. The molecule has 1 aliphatic rings. The fourth-order valence-corrected chi connectivity index (χ4v) is 3.27. The van der Waals surface area contributed by atoms with E-state index in [1.54, 1.807) is 13.8 Å². The Hall–Kier alpha value is -1.45. The second kappa shape index (κ2) is 6.12. The average Bonchev–Trinajstić information content (AvgIpc) is 2.84. The van der Waals surface area contributed by atoms with Gasteiger partial charge in [-0.1, -0.05) is 13.8 Å². The fraction of sp³-hybridized carbons (Fsp3) is 0.667. The molecule has 0 bridgehead atoms. The van der Waals surface area contributed by atoms with Crippen molar-refractivity contribution in [1.29, 1.82) is 0 Å². The van der Waals surface area contributed by atoms with Crippen molar-refractivity contribution in [3.05, 3.63) is 11.4 Å². The maximum atomic E-state index is 12.3. The van der Waals surface area contributed by atoms with E-state index in [-0.39, 0.29) is 22.5 Å². The fourth-order valence-electron chi connectivity index (χ4n) is 2.27. The van der Waals surface area contributed by atoms with Gasteiger partial charge in [0, 0.05) is 19.3 Å². The summed E-state index contributed by atoms with van der Waals surface area (Å²) in [6.07, 6.45) is 1.38. The first-order chi connectivity index (χ1) is 9.80. The predicted molar refractivity (Wildman–Crippen MR) is 75.4 cm³/mol. The highest BCUT2D eigenvalue weighted by atomic mass is 32.2. The van der Waals surface area contributed by atoms with Crippen LogP contribution in [0.25, 0.3) is 0 Å². The summed E-state index contributed by atoms with van der Waals surface area (Å²) in [6.45, 7) is 4.74. The molecule has 1 aromatic heterocycles. The SMILES string of the molecule is CC(C)c1[nH]nc(C(=O)NC2CCOCC2)c1S(N)(=O)=O. The number of amides is 1. The number of hydrogen-bond donors (Lipinski definition) is 3. The number of rotatable bonds is 4. The van der Waals surface area contributed by atoms with Crippen molar-refractivity contribution in [3.8, 4) is 0 Å². The highest BCUT2D eigenvalue weighted by Gasteiger charge is 2.29. The molecule has 0 aromatic carbocycles. The molecule has 9 heteroatoms. The van der Waals surface area contributed by atoms with Crippen LogP contribution >= 0.6 is 0 Å². The second-order valence-corrected chi connectivity index (χ2v) is 6.87. The number of ether oxygens (including phenoxy) is 1. The number of aromatic nitrogens is 2. The van der Waals surface area contributed by atoms with Crippen LogP contribution < -0.4 is 10.5 Å². The number of nitrogens with zero attached hydrogens (tertiary/aromatic N) is 1. The average molecular weight is 316 g/mol. The number of carbonyl (C=O) groups excluding carboxylic acids is 1. The lowest BCUT2D eigenvalue weighted by atomic mass is 10.1. The topological polar surface area (TPSA) is 127 Å². The molecule has 0 radical (unpaired) electrons. The Morgan fingerprint density at radius 3 is 2.57 bits per heavy atom. The van der Waals surface area contributed by atoms with Gasteiger partial charge in [0.2, 0.25) is 10.0 Å². The zero-order valence-corrected chi connectivity index (χ0v) is 12.9. The van der Waals surface area contributed by atoms with Crippen molar-refractivity contribution in [2.75, 3.05) is 13.2 Å². The molecule has 0 spiro atoms. The Labute approximate surface area is 123 Å². The molecular formula is C12H20N4O4S. The maximum absolute atomic E-state index is 12.3. The number of carbonyl (C=O) groups is 1. The van der Waals surface area contributed by atoms with Crippen LogP contribution in [0, 0.1) is 0 Å². The zero-order chi connectivity index (χ0) is 15.6. The summed E-state index contributed by atoms with van der Waals surface area (Å²) in [5.74, 6) is -0.676. The smallest absolute Gasteiger partial charge is 0.273 e. The molecule has 0 atom stereocenters. The summed E-state index contributed by atoms with van der Waals surface area (Å²) in [4.78, 5) is 12.0. The first-order valence-electron chi connectivity index (χ1n) is 6.80. The van der Waals surface area contributed by atoms with Crippen molar-refractivity contribution in [2.24, 2.45) is 5.14 Å². The Kier molecular flexibility index (Phi) is 4.64. The van der Waals surface area contributed by atoms with E-state index in [4.69, 9.17) is 9.88 Å². The number of hydrogen-bond acceptors (Lipinski definition) is 5. The predicted octanol–water partition coefficient (Wildman–Crippen LogP) is 0.0893. The zero-order valence-electron chi connectivity index (χ0n) is 12.0. The standard InChI is InChI=1S/C12H20N4O4S/c1-7(2)9-11(21(13,18)19)10(16-15-9)12(17)14-8-3-5-20-6-4-8/h7-8H,3-6H2,1-2H3,(H,14,17)(H,15,16)(H2,13,18,19). The van der Waals surface area contributed by atoms with Crippen LogP contribution in [0.2, 0.25) is 0 Å². The van der Waals surface area contributed by atoms with Gasteiger partial charge in [-0.15, -0.1) is 0 Å². The van der Waals surface area contributed by atoms with Gasteiger partial charge in [0.1, 0.15) is 4.90 Å². The van der Waals surface area contributed by atoms with Gasteiger partial charge in [-0.3, -0.25) is 9.89 Å². The minimum Gasteiger partial charge on any atom is -0.381 e. The number of primary sulfonamides is 1. The van der Waals surface area contributed by atoms with Crippen molar-refractivity contribution in [2.45, 2.75) is 43.5 Å². The highest BCUT2D eigenvalue weighted by Crippen LogP contribution is 2.24. The van der Waals surface area contributed by atoms with Crippen LogP contribution in [0.15, 0.2) is 4.90 Å². The summed E-state index contributed by atoms with van der Waals surface area (Å²) in [7, 11) is -4.03. The molecule has 118 valence electrons. The van der Waals surface area contributed by atoms with E-state index in [2.05, 4.69) is 15.5 Å². The molecule has 21 heavy (non-hydrogen) atoms. The van der Waals surface area contributed by atoms with Crippen LogP contribution in [-0.4, -0.2) is 43.8 Å². The molecular weight excluding hydrogens is 296 g/mol. The molecule has 4 N–H and O–H groups in total. The highest BCUT2D eigenvalue weighted by molar-refractivity contribution is 7.89. The van der Waals surface area contributed by atoms with E-state index in [0.717, 1.165) is 0 Å². The van der Waals surface area contributed by atoms with Crippen LogP contribution in [-0.2, 0) is 14.8 Å². The molecule has 2 heterocycles. The summed E-state index contributed by atoms with van der Waals surface area (Å²) < 4.78 is 28.7. The van der Waals surface area contributed by atoms with E-state index in [1.165, 1.54) is 0 Å². The molecule has 1 fully saturated rings. The summed E-state index contributed by atoms with van der Waals surface area (Å²) in [5, 5.41) is 14.4. The molecule has 1 aliphatic heterocycles. The summed E-state index contributed by atoms with van der Waals surface area (Å²) >= 11 is 0. The molecule has 0 aliphatic carbocycles. The van der Waals surface area contributed by atoms with E-state index in [1.807, 2.05) is 0 Å². The van der Waals surface area contributed by atoms with Crippen molar-refractivity contribution < 1.29 is 17.9 Å². The lowest BCUT2D eigenvalue weighted by Gasteiger charge is -2.22. The Bertz CT molecular complexity index is 617. The van der Waals surface area contributed by atoms with Gasteiger partial charge >= 0.3 is 0 Å². The number of sulfonamides is 1. The molecule has 0 saturated carbocycles. The van der Waals surface area contributed by atoms with Crippen LogP contribution in [0.3, 0.4) is 0 Å². The van der Waals surface area contributed by atoms with Gasteiger partial charge < -0.3 is 10.1 Å². The molecule has 8 nitrogen and oxygen atoms in total. The third-order valence-electron chi connectivity index (χ3n) is 3.38. The van der Waals surface area contributed by atoms with Gasteiger partial charge in [0.25, 0.3) is 5.91 Å². The number of nitrogens with two attached hydrogens (primary N) is 1. The van der Waals surface area contributed by atoms with Gasteiger partial charge in [-0.2, -0.15) is 5.10 Å². The normalized spacial score (nSPS) is 17.1. The molecule has 2 rings (SSSR count). The maximum Gasteiger partial charge on any atom is 0.273 e. The number of nitrogens with one attached hydrogen (secondary N) is 2. The van der Waals surface area contributed by atoms with Crippen molar-refractivity contribution >= 4 is 15.9 Å². The van der Waals surface area contributed by atoms with E-state index >= 15 is 0 Å². The first kappa shape index (κ1) is 15.9. The molecule has 1 aromatic rings. The number of H-pyrrole nitrogens is 1. The second-order valence-electron chi connectivity index (χ2n) is 5.37. The molecule has 1 amide bonds.